The summed E-state index contributed by atoms with van der Waals surface area (Å²) in [5, 5.41) is 23.7. The van der Waals surface area contributed by atoms with E-state index in [1.807, 2.05) is 0 Å². The molecule has 1 atom stereocenters. The van der Waals surface area contributed by atoms with E-state index in [4.69, 9.17) is 5.11 Å². The highest BCUT2D eigenvalue weighted by Gasteiger charge is 2.30. The predicted molar refractivity (Wildman–Crippen MR) is 83.2 cm³/mol. The molecule has 1 aliphatic carbocycles. The van der Waals surface area contributed by atoms with Crippen molar-refractivity contribution in [2.75, 3.05) is 11.9 Å². The van der Waals surface area contributed by atoms with Gasteiger partial charge in [-0.05, 0) is 25.7 Å². The van der Waals surface area contributed by atoms with Crippen LogP contribution in [0.25, 0.3) is 0 Å². The summed E-state index contributed by atoms with van der Waals surface area (Å²) >= 11 is 1.45. The van der Waals surface area contributed by atoms with Gasteiger partial charge in [0.05, 0.1) is 6.54 Å². The molecule has 1 aliphatic rings. The van der Waals surface area contributed by atoms with Gasteiger partial charge in [-0.3, -0.25) is 5.32 Å². The molecule has 1 aromatic heterocycles. The van der Waals surface area contributed by atoms with Gasteiger partial charge in [-0.25, -0.2) is 14.6 Å². The van der Waals surface area contributed by atoms with Crippen molar-refractivity contribution in [3.05, 3.63) is 11.1 Å². The zero-order valence-electron chi connectivity index (χ0n) is 12.5. The van der Waals surface area contributed by atoms with Crippen molar-refractivity contribution >= 4 is 28.5 Å². The lowest BCUT2D eigenvalue weighted by Gasteiger charge is -2.19. The quantitative estimate of drug-likeness (QED) is 0.662. The Balaban J connectivity index is 1.84. The van der Waals surface area contributed by atoms with Crippen molar-refractivity contribution in [3.63, 3.8) is 0 Å². The standard InChI is InChI=1S/C14H21N3O4S/c1-14(21,11(18)19)8-16-12(20)17-13-15-7-10(22-13)9-5-3-2-4-6-9/h7,9,21H,2-6,8H2,1H3,(H,18,19)(H2,15,16,17,20). The van der Waals surface area contributed by atoms with E-state index in [1.165, 1.54) is 35.5 Å². The first-order chi connectivity index (χ1) is 10.4. The maximum absolute atomic E-state index is 11.7. The van der Waals surface area contributed by atoms with E-state index in [1.54, 1.807) is 6.20 Å². The van der Waals surface area contributed by atoms with E-state index >= 15 is 0 Å². The van der Waals surface area contributed by atoms with Crippen molar-refractivity contribution in [2.45, 2.75) is 50.5 Å². The van der Waals surface area contributed by atoms with Crippen LogP contribution in [0.3, 0.4) is 0 Å². The smallest absolute Gasteiger partial charge is 0.337 e. The van der Waals surface area contributed by atoms with Gasteiger partial charge in [0.2, 0.25) is 0 Å². The SMILES string of the molecule is CC(O)(CNC(=O)Nc1ncc(C2CCCCC2)s1)C(=O)O. The molecular formula is C14H21N3O4S. The van der Waals surface area contributed by atoms with Gasteiger partial charge in [0.1, 0.15) is 0 Å². The number of nitrogens with zero attached hydrogens (tertiary/aromatic N) is 1. The van der Waals surface area contributed by atoms with Gasteiger partial charge < -0.3 is 15.5 Å². The van der Waals surface area contributed by atoms with Crippen molar-refractivity contribution < 1.29 is 19.8 Å². The Kier molecular flexibility index (Phi) is 5.36. The number of aromatic nitrogens is 1. The summed E-state index contributed by atoms with van der Waals surface area (Å²) in [5.74, 6) is -0.862. The Morgan fingerprint density at radius 2 is 2.09 bits per heavy atom. The summed E-state index contributed by atoms with van der Waals surface area (Å²) in [5.41, 5.74) is -1.99. The van der Waals surface area contributed by atoms with Crippen LogP contribution in [0.2, 0.25) is 0 Å². The zero-order valence-corrected chi connectivity index (χ0v) is 13.3. The molecule has 1 unspecified atom stereocenters. The van der Waals surface area contributed by atoms with Gasteiger partial charge in [0, 0.05) is 11.1 Å². The van der Waals surface area contributed by atoms with Crippen LogP contribution in [-0.4, -0.2) is 39.3 Å². The Morgan fingerprint density at radius 3 is 2.73 bits per heavy atom. The summed E-state index contributed by atoms with van der Waals surface area (Å²) in [6.07, 6.45) is 7.87. The molecule has 1 heterocycles. The third kappa shape index (κ3) is 4.41. The van der Waals surface area contributed by atoms with Crippen LogP contribution >= 0.6 is 11.3 Å². The number of amides is 2. The number of nitrogens with one attached hydrogen (secondary N) is 2. The second-order valence-corrected chi connectivity index (χ2v) is 6.85. The molecule has 2 amide bonds. The third-order valence-corrected chi connectivity index (χ3v) is 4.88. The summed E-state index contributed by atoms with van der Waals surface area (Å²) in [4.78, 5) is 27.8. The highest BCUT2D eigenvalue weighted by atomic mass is 32.1. The maximum Gasteiger partial charge on any atom is 0.337 e. The average molecular weight is 327 g/mol. The third-order valence-electron chi connectivity index (χ3n) is 3.81. The van der Waals surface area contributed by atoms with E-state index in [-0.39, 0.29) is 6.54 Å². The second-order valence-electron chi connectivity index (χ2n) is 5.79. The summed E-state index contributed by atoms with van der Waals surface area (Å²) in [7, 11) is 0. The molecular weight excluding hydrogens is 306 g/mol. The van der Waals surface area contributed by atoms with Gasteiger partial charge in [0.15, 0.2) is 10.7 Å². The summed E-state index contributed by atoms with van der Waals surface area (Å²) in [6, 6.07) is -0.578. The number of urea groups is 1. The number of carbonyl (C=O) groups excluding carboxylic acids is 1. The van der Waals surface area contributed by atoms with Crippen molar-refractivity contribution in [2.24, 2.45) is 0 Å². The van der Waals surface area contributed by atoms with Crippen LogP contribution in [0.4, 0.5) is 9.93 Å². The lowest BCUT2D eigenvalue weighted by atomic mass is 9.89. The molecule has 0 saturated heterocycles. The minimum atomic E-state index is -1.99. The van der Waals surface area contributed by atoms with Crippen molar-refractivity contribution in [1.82, 2.24) is 10.3 Å². The van der Waals surface area contributed by atoms with Crippen LogP contribution in [0, 0.1) is 0 Å². The van der Waals surface area contributed by atoms with E-state index in [0.717, 1.165) is 19.8 Å². The fourth-order valence-electron chi connectivity index (χ4n) is 2.39. The number of aliphatic carboxylic acids is 1. The normalized spacial score (nSPS) is 18.5. The number of carbonyl (C=O) groups is 2. The van der Waals surface area contributed by atoms with Gasteiger partial charge >= 0.3 is 12.0 Å². The number of carboxylic acid groups (broad SMARTS) is 1. The molecule has 1 aromatic rings. The molecule has 0 aliphatic heterocycles. The Bertz CT molecular complexity index is 538. The number of carboxylic acids is 1. The minimum absolute atomic E-state index is 0.380. The van der Waals surface area contributed by atoms with Crippen LogP contribution in [0.15, 0.2) is 6.20 Å². The van der Waals surface area contributed by atoms with Gasteiger partial charge in [-0.15, -0.1) is 11.3 Å². The van der Waals surface area contributed by atoms with E-state index in [9.17, 15) is 14.7 Å². The van der Waals surface area contributed by atoms with E-state index in [0.29, 0.717) is 11.0 Å². The number of hydrogen-bond donors (Lipinski definition) is 4. The molecule has 0 aromatic carbocycles. The molecule has 1 saturated carbocycles. The maximum atomic E-state index is 11.7. The first-order valence-corrected chi connectivity index (χ1v) is 8.16. The van der Waals surface area contributed by atoms with Crippen LogP contribution in [0.1, 0.15) is 49.8 Å². The summed E-state index contributed by atoms with van der Waals surface area (Å²) < 4.78 is 0. The molecule has 22 heavy (non-hydrogen) atoms. The second kappa shape index (κ2) is 7.06. The van der Waals surface area contributed by atoms with E-state index < -0.39 is 17.6 Å². The Morgan fingerprint density at radius 1 is 1.41 bits per heavy atom. The Labute approximate surface area is 132 Å². The zero-order chi connectivity index (χ0) is 16.2. The predicted octanol–water partition coefficient (Wildman–Crippen LogP) is 2.15. The van der Waals surface area contributed by atoms with Gasteiger partial charge in [-0.1, -0.05) is 19.3 Å². The highest BCUT2D eigenvalue weighted by molar-refractivity contribution is 7.15. The number of rotatable bonds is 5. The van der Waals surface area contributed by atoms with E-state index in [2.05, 4.69) is 15.6 Å². The first kappa shape index (κ1) is 16.7. The van der Waals surface area contributed by atoms with Crippen LogP contribution in [-0.2, 0) is 4.79 Å². The molecule has 122 valence electrons. The minimum Gasteiger partial charge on any atom is -0.479 e. The van der Waals surface area contributed by atoms with Crippen LogP contribution < -0.4 is 10.6 Å². The largest absolute Gasteiger partial charge is 0.479 e. The lowest BCUT2D eigenvalue weighted by molar-refractivity contribution is -0.155. The molecule has 0 radical (unpaired) electrons. The molecule has 0 spiro atoms. The number of anilines is 1. The molecule has 2 rings (SSSR count). The molecule has 7 nitrogen and oxygen atoms in total. The number of thiazole rings is 1. The molecule has 8 heteroatoms. The lowest BCUT2D eigenvalue weighted by Crippen LogP contribution is -2.47. The Hall–Kier alpha value is -1.67. The van der Waals surface area contributed by atoms with Gasteiger partial charge in [-0.2, -0.15) is 0 Å². The molecule has 0 bridgehead atoms. The highest BCUT2D eigenvalue weighted by Crippen LogP contribution is 2.36. The first-order valence-electron chi connectivity index (χ1n) is 7.35. The average Bonchev–Trinajstić information content (AvgIpc) is 2.94. The molecule has 1 fully saturated rings. The van der Waals surface area contributed by atoms with Crippen molar-refractivity contribution in [1.29, 1.82) is 0 Å². The fraction of sp³-hybridized carbons (Fsp3) is 0.643. The topological polar surface area (TPSA) is 112 Å². The number of hydrogen-bond acceptors (Lipinski definition) is 5. The number of aliphatic hydroxyl groups is 1. The monoisotopic (exact) mass is 327 g/mol. The van der Waals surface area contributed by atoms with Crippen LogP contribution in [0.5, 0.6) is 0 Å². The van der Waals surface area contributed by atoms with Crippen molar-refractivity contribution in [3.8, 4) is 0 Å². The fourth-order valence-corrected chi connectivity index (χ4v) is 3.37. The summed E-state index contributed by atoms with van der Waals surface area (Å²) in [6.45, 7) is 0.745. The molecule has 4 N–H and O–H groups in total. The van der Waals surface area contributed by atoms with Gasteiger partial charge in [0.25, 0.3) is 0 Å².